The van der Waals surface area contributed by atoms with Crippen molar-refractivity contribution in [2.24, 2.45) is 5.92 Å². The summed E-state index contributed by atoms with van der Waals surface area (Å²) in [4.78, 5) is 11.2. The van der Waals surface area contributed by atoms with Gasteiger partial charge < -0.3 is 9.84 Å². The number of nitriles is 1. The molecule has 0 saturated heterocycles. The van der Waals surface area contributed by atoms with Crippen LogP contribution >= 0.6 is 0 Å². The van der Waals surface area contributed by atoms with E-state index in [-0.39, 0.29) is 11.3 Å². The molecule has 4 aromatic rings. The number of nitrogens with zero attached hydrogens (tertiary/aromatic N) is 1. The number of allylic oxidation sites excluding steroid dienone is 1. The average molecular weight is 544 g/mol. The summed E-state index contributed by atoms with van der Waals surface area (Å²) in [6.07, 6.45) is 6.93. The highest BCUT2D eigenvalue weighted by molar-refractivity contribution is 5.87. The maximum atomic E-state index is 11.2. The molecule has 1 atom stereocenters. The number of aryl methyl sites for hydroxylation is 1. The zero-order valence-corrected chi connectivity index (χ0v) is 24.0. The van der Waals surface area contributed by atoms with Crippen molar-refractivity contribution < 1.29 is 14.6 Å². The number of hydrogen-bond acceptors (Lipinski definition) is 3. The Morgan fingerprint density at radius 1 is 0.878 bits per heavy atom. The van der Waals surface area contributed by atoms with Gasteiger partial charge in [-0.3, -0.25) is 0 Å². The molecule has 0 bridgehead atoms. The molecular formula is C37H37NO3. The molecule has 0 heterocycles. The number of carboxylic acid groups (broad SMARTS) is 1. The van der Waals surface area contributed by atoms with E-state index in [0.29, 0.717) is 17.7 Å². The van der Waals surface area contributed by atoms with Crippen LogP contribution in [0.2, 0.25) is 0 Å². The van der Waals surface area contributed by atoms with E-state index in [4.69, 9.17) is 10.00 Å². The van der Waals surface area contributed by atoms with Crippen LogP contribution in [0.15, 0.2) is 103 Å². The third kappa shape index (κ3) is 8.68. The molecule has 0 aliphatic heterocycles. The van der Waals surface area contributed by atoms with E-state index < -0.39 is 5.97 Å². The molecule has 4 aromatic carbocycles. The van der Waals surface area contributed by atoms with Gasteiger partial charge in [-0.25, -0.2) is 4.79 Å². The smallest absolute Gasteiger partial charge is 0.335 e. The minimum atomic E-state index is -0.916. The lowest BCUT2D eigenvalue weighted by Crippen LogP contribution is -2.10. The molecule has 0 fully saturated rings. The van der Waals surface area contributed by atoms with E-state index in [2.05, 4.69) is 69.3 Å². The summed E-state index contributed by atoms with van der Waals surface area (Å²) in [6.45, 7) is 7.14. The molecule has 1 unspecified atom stereocenters. The van der Waals surface area contributed by atoms with Crippen molar-refractivity contribution in [2.75, 3.05) is 0 Å². The first kappa shape index (κ1) is 29.4. The first-order valence-electron chi connectivity index (χ1n) is 14.0. The fraction of sp³-hybridized carbons (Fsp3) is 0.243. The van der Waals surface area contributed by atoms with Crippen molar-refractivity contribution in [3.05, 3.63) is 142 Å². The van der Waals surface area contributed by atoms with E-state index >= 15 is 0 Å². The Balaban J connectivity index is 1.48. The predicted octanol–water partition coefficient (Wildman–Crippen LogP) is 8.64. The molecule has 208 valence electrons. The fourth-order valence-electron chi connectivity index (χ4n) is 4.70. The quantitative estimate of drug-likeness (QED) is 0.206. The average Bonchev–Trinajstić information content (AvgIpc) is 2.98. The van der Waals surface area contributed by atoms with Crippen molar-refractivity contribution in [2.45, 2.75) is 52.1 Å². The number of para-hydroxylation sites is 1. The van der Waals surface area contributed by atoms with E-state index in [0.717, 1.165) is 41.7 Å². The highest BCUT2D eigenvalue weighted by Gasteiger charge is 2.13. The summed E-state index contributed by atoms with van der Waals surface area (Å²) < 4.78 is 6.25. The standard InChI is InChI=1S/C37H37NO3/c1-37(2,3)34-22-17-31(18-23-34)26-41-35-7-5-4-6-32(35)19-16-29(24-28-10-12-30(25-38)13-11-28)9-8-27-14-20-33(21-15-27)36(39)40/h4-7,10-23,29H,8-9,24,26H2,1-3H3,(H,39,40). The van der Waals surface area contributed by atoms with Crippen LogP contribution in [0.4, 0.5) is 0 Å². The third-order valence-electron chi connectivity index (χ3n) is 7.27. The topological polar surface area (TPSA) is 70.3 Å². The van der Waals surface area contributed by atoms with Gasteiger partial charge in [-0.05, 0) is 83.2 Å². The predicted molar refractivity (Wildman–Crippen MR) is 165 cm³/mol. The van der Waals surface area contributed by atoms with Crippen LogP contribution in [0, 0.1) is 17.2 Å². The van der Waals surface area contributed by atoms with Crippen LogP contribution in [0.1, 0.15) is 70.9 Å². The second-order valence-electron chi connectivity index (χ2n) is 11.4. The van der Waals surface area contributed by atoms with Crippen molar-refractivity contribution >= 4 is 12.0 Å². The molecule has 4 heteroatoms. The first-order valence-corrected chi connectivity index (χ1v) is 14.0. The van der Waals surface area contributed by atoms with Gasteiger partial charge in [-0.1, -0.05) is 99.7 Å². The molecule has 4 rings (SSSR count). The summed E-state index contributed by atoms with van der Waals surface area (Å²) in [5.41, 5.74) is 6.79. The molecule has 0 aliphatic rings. The van der Waals surface area contributed by atoms with Crippen LogP contribution in [-0.2, 0) is 24.9 Å². The maximum absolute atomic E-state index is 11.2. The summed E-state index contributed by atoms with van der Waals surface area (Å²) in [5, 5.41) is 18.4. The number of hydrogen-bond donors (Lipinski definition) is 1. The Morgan fingerprint density at radius 3 is 2.15 bits per heavy atom. The van der Waals surface area contributed by atoms with E-state index in [1.807, 2.05) is 54.6 Å². The summed E-state index contributed by atoms with van der Waals surface area (Å²) in [7, 11) is 0. The van der Waals surface area contributed by atoms with E-state index in [1.165, 1.54) is 11.1 Å². The van der Waals surface area contributed by atoms with Gasteiger partial charge >= 0.3 is 5.97 Å². The van der Waals surface area contributed by atoms with Gasteiger partial charge in [0.1, 0.15) is 12.4 Å². The monoisotopic (exact) mass is 543 g/mol. The number of benzene rings is 4. The molecule has 0 spiro atoms. The van der Waals surface area contributed by atoms with Gasteiger partial charge in [-0.2, -0.15) is 5.26 Å². The van der Waals surface area contributed by atoms with Crippen molar-refractivity contribution in [1.82, 2.24) is 0 Å². The summed E-state index contributed by atoms with van der Waals surface area (Å²) in [5.74, 6) is 0.158. The van der Waals surface area contributed by atoms with Crippen molar-refractivity contribution in [1.29, 1.82) is 5.26 Å². The van der Waals surface area contributed by atoms with E-state index in [1.54, 1.807) is 12.1 Å². The van der Waals surface area contributed by atoms with Crippen LogP contribution in [0.3, 0.4) is 0 Å². The summed E-state index contributed by atoms with van der Waals surface area (Å²) >= 11 is 0. The second kappa shape index (κ2) is 13.6. The van der Waals surface area contributed by atoms with Crippen LogP contribution in [0.25, 0.3) is 6.08 Å². The van der Waals surface area contributed by atoms with Gasteiger partial charge in [0, 0.05) is 5.56 Å². The van der Waals surface area contributed by atoms with Crippen molar-refractivity contribution in [3.8, 4) is 11.8 Å². The number of ether oxygens (including phenoxy) is 1. The maximum Gasteiger partial charge on any atom is 0.335 e. The number of carbonyl (C=O) groups is 1. The van der Waals surface area contributed by atoms with Crippen LogP contribution in [-0.4, -0.2) is 11.1 Å². The van der Waals surface area contributed by atoms with Gasteiger partial charge in [0.15, 0.2) is 0 Å². The molecule has 0 radical (unpaired) electrons. The minimum absolute atomic E-state index is 0.118. The van der Waals surface area contributed by atoms with Crippen LogP contribution < -0.4 is 4.74 Å². The Hall–Kier alpha value is -4.62. The number of aromatic carboxylic acids is 1. The van der Waals surface area contributed by atoms with Gasteiger partial charge in [0.25, 0.3) is 0 Å². The minimum Gasteiger partial charge on any atom is -0.488 e. The Labute approximate surface area is 243 Å². The SMILES string of the molecule is CC(C)(C)c1ccc(COc2ccccc2C=CC(CCc2ccc(C(=O)O)cc2)Cc2ccc(C#N)cc2)cc1. The Morgan fingerprint density at radius 2 is 1.51 bits per heavy atom. The molecule has 0 aliphatic carbocycles. The second-order valence-corrected chi connectivity index (χ2v) is 11.4. The van der Waals surface area contributed by atoms with Gasteiger partial charge in [0.05, 0.1) is 17.2 Å². The molecule has 4 nitrogen and oxygen atoms in total. The third-order valence-corrected chi connectivity index (χ3v) is 7.27. The van der Waals surface area contributed by atoms with Gasteiger partial charge in [0.2, 0.25) is 0 Å². The Kier molecular flexibility index (Phi) is 9.77. The molecule has 0 amide bonds. The number of carboxylic acids is 1. The first-order chi connectivity index (χ1) is 19.7. The van der Waals surface area contributed by atoms with Gasteiger partial charge in [-0.15, -0.1) is 0 Å². The lowest BCUT2D eigenvalue weighted by Gasteiger charge is -2.19. The fourth-order valence-corrected chi connectivity index (χ4v) is 4.70. The summed E-state index contributed by atoms with van der Waals surface area (Å²) in [6, 6.07) is 33.7. The van der Waals surface area contributed by atoms with Crippen molar-refractivity contribution in [3.63, 3.8) is 0 Å². The normalized spacial score (nSPS) is 12.1. The highest BCUT2D eigenvalue weighted by Crippen LogP contribution is 2.26. The molecule has 41 heavy (non-hydrogen) atoms. The lowest BCUT2D eigenvalue weighted by atomic mass is 9.87. The lowest BCUT2D eigenvalue weighted by molar-refractivity contribution is 0.0697. The Bertz CT molecular complexity index is 1500. The zero-order valence-electron chi connectivity index (χ0n) is 24.0. The molecule has 1 N–H and O–H groups in total. The highest BCUT2D eigenvalue weighted by atomic mass is 16.5. The zero-order chi connectivity index (χ0) is 29.2. The van der Waals surface area contributed by atoms with E-state index in [9.17, 15) is 9.90 Å². The van der Waals surface area contributed by atoms with Crippen LogP contribution in [0.5, 0.6) is 5.75 Å². The number of rotatable bonds is 11. The largest absolute Gasteiger partial charge is 0.488 e. The molecule has 0 saturated carbocycles. The molecule has 0 aromatic heterocycles. The molecular weight excluding hydrogens is 506 g/mol.